The average molecular weight is 253 g/mol. The fourth-order valence-corrected chi connectivity index (χ4v) is 1.24. The molecule has 0 radical (unpaired) electrons. The van der Waals surface area contributed by atoms with Crippen LogP contribution in [0.4, 0.5) is 13.2 Å². The number of carbonyl (C=O) groups excluding carboxylic acids is 3. The molecule has 17 heavy (non-hydrogen) atoms. The van der Waals surface area contributed by atoms with Crippen molar-refractivity contribution >= 4 is 17.7 Å². The molecule has 0 atom stereocenters. The molecule has 2 N–H and O–H groups in total. The predicted molar refractivity (Wildman–Crippen MR) is 48.7 cm³/mol. The van der Waals surface area contributed by atoms with Crippen LogP contribution in [-0.2, 0) is 14.4 Å². The van der Waals surface area contributed by atoms with E-state index in [2.05, 4.69) is 0 Å². The van der Waals surface area contributed by atoms with Crippen molar-refractivity contribution in [1.82, 2.24) is 15.5 Å². The number of imide groups is 1. The number of piperazine rings is 1. The number of carbonyl (C=O) groups is 3. The van der Waals surface area contributed by atoms with Crippen LogP contribution >= 0.6 is 0 Å². The van der Waals surface area contributed by atoms with Gasteiger partial charge in [0.15, 0.2) is 0 Å². The zero-order valence-electron chi connectivity index (χ0n) is 8.63. The maximum absolute atomic E-state index is 11.8. The van der Waals surface area contributed by atoms with E-state index in [1.165, 1.54) is 0 Å². The third kappa shape index (κ3) is 4.81. The molecule has 1 aliphatic rings. The molecule has 1 saturated heterocycles. The Morgan fingerprint density at radius 2 is 1.82 bits per heavy atom. The maximum Gasteiger partial charge on any atom is 0.401 e. The minimum Gasteiger partial charge on any atom is -0.323 e. The molecule has 9 heteroatoms. The van der Waals surface area contributed by atoms with Crippen molar-refractivity contribution in [2.75, 3.05) is 26.2 Å². The summed E-state index contributed by atoms with van der Waals surface area (Å²) in [6, 6.07) is 0. The summed E-state index contributed by atoms with van der Waals surface area (Å²) in [4.78, 5) is 34.0. The van der Waals surface area contributed by atoms with Crippen LogP contribution in [0.5, 0.6) is 0 Å². The smallest absolute Gasteiger partial charge is 0.323 e. The van der Waals surface area contributed by atoms with E-state index in [0.29, 0.717) is 0 Å². The lowest BCUT2D eigenvalue weighted by Gasteiger charge is -2.25. The first-order valence-corrected chi connectivity index (χ1v) is 4.66. The predicted octanol–water partition coefficient (Wildman–Crippen LogP) is -1.38. The number of nitrogens with zero attached hydrogens (tertiary/aromatic N) is 1. The summed E-state index contributed by atoms with van der Waals surface area (Å²) in [5.74, 6) is -2.02. The fraction of sp³-hybridized carbons (Fsp3) is 0.625. The van der Waals surface area contributed by atoms with E-state index in [1.807, 2.05) is 10.6 Å². The lowest BCUT2D eigenvalue weighted by Crippen LogP contribution is -2.55. The van der Waals surface area contributed by atoms with Crippen molar-refractivity contribution in [3.8, 4) is 0 Å². The molecule has 0 saturated carbocycles. The van der Waals surface area contributed by atoms with Crippen LogP contribution in [-0.4, -0.2) is 55.0 Å². The summed E-state index contributed by atoms with van der Waals surface area (Å²) in [6.45, 7) is -2.51. The topological polar surface area (TPSA) is 78.5 Å². The second kappa shape index (κ2) is 5.13. The highest BCUT2D eigenvalue weighted by Crippen LogP contribution is 2.11. The second-order valence-corrected chi connectivity index (χ2v) is 3.44. The summed E-state index contributed by atoms with van der Waals surface area (Å²) in [5.41, 5.74) is 0. The van der Waals surface area contributed by atoms with Gasteiger partial charge in [0.25, 0.3) is 0 Å². The van der Waals surface area contributed by atoms with Gasteiger partial charge in [-0.15, -0.1) is 0 Å². The Balaban J connectivity index is 2.37. The van der Waals surface area contributed by atoms with E-state index in [-0.39, 0.29) is 13.1 Å². The molecule has 0 bridgehead atoms. The number of halogens is 3. The summed E-state index contributed by atoms with van der Waals surface area (Å²) in [7, 11) is 0. The summed E-state index contributed by atoms with van der Waals surface area (Å²) < 4.78 is 35.3. The van der Waals surface area contributed by atoms with Crippen LogP contribution in [0.25, 0.3) is 0 Å². The van der Waals surface area contributed by atoms with Crippen molar-refractivity contribution in [3.63, 3.8) is 0 Å². The van der Waals surface area contributed by atoms with E-state index < -0.39 is 37.0 Å². The molecular weight excluding hydrogens is 243 g/mol. The Bertz CT molecular complexity index is 327. The van der Waals surface area contributed by atoms with Crippen LogP contribution < -0.4 is 10.6 Å². The lowest BCUT2D eigenvalue weighted by atomic mass is 10.3. The summed E-state index contributed by atoms with van der Waals surface area (Å²) >= 11 is 0. The number of rotatable bonds is 3. The lowest BCUT2D eigenvalue weighted by molar-refractivity contribution is -0.146. The van der Waals surface area contributed by atoms with Crippen LogP contribution in [0.2, 0.25) is 0 Å². The van der Waals surface area contributed by atoms with Crippen molar-refractivity contribution in [1.29, 1.82) is 0 Å². The van der Waals surface area contributed by atoms with E-state index in [0.717, 1.165) is 4.90 Å². The van der Waals surface area contributed by atoms with E-state index in [4.69, 9.17) is 0 Å². The van der Waals surface area contributed by atoms with E-state index in [9.17, 15) is 27.6 Å². The minimum absolute atomic E-state index is 0.321. The summed E-state index contributed by atoms with van der Waals surface area (Å²) in [6.07, 6.45) is -4.41. The number of hydrogen-bond acceptors (Lipinski definition) is 4. The van der Waals surface area contributed by atoms with Gasteiger partial charge in [-0.05, 0) is 0 Å². The van der Waals surface area contributed by atoms with Crippen LogP contribution in [0.3, 0.4) is 0 Å². The molecule has 3 amide bonds. The molecule has 0 aromatic carbocycles. The standard InChI is InChI=1S/C8H10F3N3O3/c9-8(10,11)4-12-1-7(17)14-2-5(15)13-6(16)3-14/h12H,1-4H2,(H,13,15,16). The zero-order chi connectivity index (χ0) is 13.1. The normalized spacial score (nSPS) is 17.0. The largest absolute Gasteiger partial charge is 0.401 e. The van der Waals surface area contributed by atoms with Gasteiger partial charge in [-0.3, -0.25) is 19.7 Å². The Labute approximate surface area is 94.1 Å². The monoisotopic (exact) mass is 253 g/mol. The Kier molecular flexibility index (Phi) is 4.05. The van der Waals surface area contributed by atoms with E-state index in [1.54, 1.807) is 0 Å². The van der Waals surface area contributed by atoms with Gasteiger partial charge in [0, 0.05) is 0 Å². The molecule has 96 valence electrons. The molecule has 0 spiro atoms. The summed E-state index contributed by atoms with van der Waals surface area (Å²) in [5, 5.41) is 3.87. The molecule has 0 aliphatic carbocycles. The molecule has 6 nitrogen and oxygen atoms in total. The van der Waals surface area contributed by atoms with Gasteiger partial charge in [-0.25, -0.2) is 0 Å². The third-order valence-corrected chi connectivity index (χ3v) is 1.90. The fourth-order valence-electron chi connectivity index (χ4n) is 1.24. The molecule has 0 aromatic heterocycles. The third-order valence-electron chi connectivity index (χ3n) is 1.90. The van der Waals surface area contributed by atoms with Gasteiger partial charge in [0.1, 0.15) is 13.1 Å². The van der Waals surface area contributed by atoms with Gasteiger partial charge >= 0.3 is 6.18 Å². The highest BCUT2D eigenvalue weighted by atomic mass is 19.4. The second-order valence-electron chi connectivity index (χ2n) is 3.44. The quantitative estimate of drug-likeness (QED) is 0.608. The number of amides is 3. The molecule has 0 unspecified atom stereocenters. The van der Waals surface area contributed by atoms with Gasteiger partial charge in [0.05, 0.1) is 13.1 Å². The maximum atomic E-state index is 11.8. The number of hydrogen-bond donors (Lipinski definition) is 2. The van der Waals surface area contributed by atoms with Crippen molar-refractivity contribution in [2.45, 2.75) is 6.18 Å². The Hall–Kier alpha value is -1.64. The van der Waals surface area contributed by atoms with Crippen LogP contribution in [0.15, 0.2) is 0 Å². The minimum atomic E-state index is -4.41. The Morgan fingerprint density at radius 3 is 2.29 bits per heavy atom. The van der Waals surface area contributed by atoms with E-state index >= 15 is 0 Å². The van der Waals surface area contributed by atoms with Crippen LogP contribution in [0, 0.1) is 0 Å². The van der Waals surface area contributed by atoms with Gasteiger partial charge in [-0.1, -0.05) is 0 Å². The molecular formula is C8H10F3N3O3. The molecule has 1 fully saturated rings. The first-order valence-electron chi connectivity index (χ1n) is 4.66. The number of alkyl halides is 3. The highest BCUT2D eigenvalue weighted by Gasteiger charge is 2.29. The van der Waals surface area contributed by atoms with Crippen molar-refractivity contribution < 1.29 is 27.6 Å². The number of nitrogens with one attached hydrogen (secondary N) is 2. The van der Waals surface area contributed by atoms with Crippen LogP contribution in [0.1, 0.15) is 0 Å². The Morgan fingerprint density at radius 1 is 1.29 bits per heavy atom. The highest BCUT2D eigenvalue weighted by molar-refractivity contribution is 6.02. The zero-order valence-corrected chi connectivity index (χ0v) is 8.63. The SMILES string of the molecule is O=C1CN(C(=O)CNCC(F)(F)F)CC(=O)N1. The molecule has 0 aromatic rings. The van der Waals surface area contributed by atoms with Gasteiger partial charge in [-0.2, -0.15) is 13.2 Å². The van der Waals surface area contributed by atoms with Gasteiger partial charge < -0.3 is 10.2 Å². The average Bonchev–Trinajstić information content (AvgIpc) is 2.13. The first-order chi connectivity index (χ1) is 7.78. The molecule has 1 aliphatic heterocycles. The van der Waals surface area contributed by atoms with Crippen molar-refractivity contribution in [2.24, 2.45) is 0 Å². The van der Waals surface area contributed by atoms with Gasteiger partial charge in [0.2, 0.25) is 17.7 Å². The molecule has 1 rings (SSSR count). The van der Waals surface area contributed by atoms with Crippen molar-refractivity contribution in [3.05, 3.63) is 0 Å². The first kappa shape index (κ1) is 13.4. The molecule has 1 heterocycles.